The van der Waals surface area contributed by atoms with Gasteiger partial charge in [0.25, 0.3) is 11.8 Å². The molecule has 5 heteroatoms. The van der Waals surface area contributed by atoms with Crippen LogP contribution in [-0.4, -0.2) is 29.0 Å². The third-order valence-electron chi connectivity index (χ3n) is 3.53. The van der Waals surface area contributed by atoms with Gasteiger partial charge in [0.05, 0.1) is 10.5 Å². The minimum absolute atomic E-state index is 0.215. The summed E-state index contributed by atoms with van der Waals surface area (Å²) >= 11 is 1.37. The van der Waals surface area contributed by atoms with Crippen LogP contribution in [0.4, 0.5) is 4.39 Å². The molecule has 1 aliphatic heterocycles. The monoisotopic (exact) mass is 321 g/mol. The molecule has 22 heavy (non-hydrogen) atoms. The van der Waals surface area contributed by atoms with Crippen LogP contribution in [0.3, 0.4) is 0 Å². The quantitative estimate of drug-likeness (QED) is 0.565. The second kappa shape index (κ2) is 7.58. The lowest BCUT2D eigenvalue weighted by molar-refractivity contribution is -0.136. The highest BCUT2D eigenvalue weighted by Gasteiger charge is 2.38. The van der Waals surface area contributed by atoms with Crippen LogP contribution >= 0.6 is 11.8 Å². The molecule has 2 rings (SSSR count). The normalized spacial score (nSPS) is 15.1. The summed E-state index contributed by atoms with van der Waals surface area (Å²) in [6.45, 7) is 4.47. The first-order valence-electron chi connectivity index (χ1n) is 7.59. The molecule has 0 unspecified atom stereocenters. The lowest BCUT2D eigenvalue weighted by Crippen LogP contribution is -2.32. The van der Waals surface area contributed by atoms with E-state index in [1.54, 1.807) is 12.1 Å². The number of carbonyl (C=O) groups is 2. The van der Waals surface area contributed by atoms with Crippen LogP contribution in [-0.2, 0) is 9.59 Å². The van der Waals surface area contributed by atoms with Crippen molar-refractivity contribution in [1.82, 2.24) is 4.90 Å². The summed E-state index contributed by atoms with van der Waals surface area (Å²) in [7, 11) is 0. The fourth-order valence-electron chi connectivity index (χ4n) is 2.43. The van der Waals surface area contributed by atoms with Gasteiger partial charge in [-0.25, -0.2) is 4.39 Å². The van der Waals surface area contributed by atoms with Crippen LogP contribution in [0.5, 0.6) is 0 Å². The van der Waals surface area contributed by atoms with E-state index in [4.69, 9.17) is 0 Å². The molecule has 1 aromatic rings. The van der Waals surface area contributed by atoms with Crippen molar-refractivity contribution in [2.24, 2.45) is 0 Å². The van der Waals surface area contributed by atoms with Crippen LogP contribution in [0, 0.1) is 5.82 Å². The van der Waals surface area contributed by atoms with Gasteiger partial charge in [-0.3, -0.25) is 14.5 Å². The first-order chi connectivity index (χ1) is 10.6. The van der Waals surface area contributed by atoms with Crippen molar-refractivity contribution in [3.05, 3.63) is 40.6 Å². The van der Waals surface area contributed by atoms with E-state index in [1.807, 2.05) is 6.92 Å². The number of unbranched alkanes of at least 4 members (excludes halogenated alkanes) is 2. The molecule has 0 N–H and O–H groups in total. The van der Waals surface area contributed by atoms with Gasteiger partial charge in [0, 0.05) is 6.54 Å². The molecular formula is C17H20FNO2S. The fourth-order valence-corrected chi connectivity index (χ4v) is 3.30. The number of thioether (sulfide) groups is 1. The fraction of sp³-hybridized carbons (Fsp3) is 0.412. The Bertz CT molecular complexity index is 595. The van der Waals surface area contributed by atoms with E-state index in [1.165, 1.54) is 28.8 Å². The molecule has 0 spiro atoms. The van der Waals surface area contributed by atoms with Gasteiger partial charge in [0.1, 0.15) is 5.82 Å². The molecule has 0 atom stereocenters. The zero-order chi connectivity index (χ0) is 16.1. The van der Waals surface area contributed by atoms with Gasteiger partial charge < -0.3 is 0 Å². The van der Waals surface area contributed by atoms with E-state index >= 15 is 0 Å². The van der Waals surface area contributed by atoms with Crippen molar-refractivity contribution in [1.29, 1.82) is 0 Å². The molecule has 0 bridgehead atoms. The summed E-state index contributed by atoms with van der Waals surface area (Å²) in [5.74, 6) is -0.122. The first-order valence-corrected chi connectivity index (χ1v) is 8.57. The number of imide groups is 1. The minimum atomic E-state index is -0.356. The molecule has 0 radical (unpaired) electrons. The van der Waals surface area contributed by atoms with E-state index in [2.05, 4.69) is 6.92 Å². The maximum absolute atomic E-state index is 13.1. The van der Waals surface area contributed by atoms with E-state index in [9.17, 15) is 14.0 Å². The lowest BCUT2D eigenvalue weighted by atomic mass is 10.1. The molecule has 0 saturated carbocycles. The van der Waals surface area contributed by atoms with Gasteiger partial charge in [-0.2, -0.15) is 0 Å². The molecule has 0 aliphatic carbocycles. The van der Waals surface area contributed by atoms with E-state index in [0.717, 1.165) is 19.3 Å². The van der Waals surface area contributed by atoms with Crippen LogP contribution in [0.25, 0.3) is 5.57 Å². The Morgan fingerprint density at radius 3 is 2.32 bits per heavy atom. The predicted octanol–water partition coefficient (Wildman–Crippen LogP) is 3.85. The number of nitrogens with zero attached hydrogens (tertiary/aromatic N) is 1. The maximum Gasteiger partial charge on any atom is 0.267 e. The van der Waals surface area contributed by atoms with Crippen molar-refractivity contribution in [2.75, 3.05) is 12.3 Å². The van der Waals surface area contributed by atoms with Crippen molar-refractivity contribution in [2.45, 2.75) is 33.1 Å². The van der Waals surface area contributed by atoms with Gasteiger partial charge in [-0.05, 0) is 29.9 Å². The van der Waals surface area contributed by atoms with Gasteiger partial charge in [-0.15, -0.1) is 11.8 Å². The number of halogens is 1. The molecule has 0 fully saturated rings. The average Bonchev–Trinajstić information content (AvgIpc) is 2.73. The molecule has 0 aromatic heterocycles. The molecular weight excluding hydrogens is 301 g/mol. The second-order valence-corrected chi connectivity index (χ2v) is 6.39. The van der Waals surface area contributed by atoms with Crippen molar-refractivity contribution < 1.29 is 14.0 Å². The van der Waals surface area contributed by atoms with Crippen molar-refractivity contribution >= 4 is 29.1 Å². The van der Waals surface area contributed by atoms with Crippen LogP contribution < -0.4 is 0 Å². The van der Waals surface area contributed by atoms with E-state index in [-0.39, 0.29) is 17.6 Å². The van der Waals surface area contributed by atoms with Gasteiger partial charge in [0.15, 0.2) is 0 Å². The highest BCUT2D eigenvalue weighted by Crippen LogP contribution is 2.36. The van der Waals surface area contributed by atoms with E-state index < -0.39 is 0 Å². The Kier molecular flexibility index (Phi) is 5.77. The molecule has 0 saturated heterocycles. The molecule has 2 amide bonds. The SMILES string of the molecule is CCCCCN1C(=O)C(SCC)=C(c2ccc(F)cc2)C1=O. The van der Waals surface area contributed by atoms with Gasteiger partial charge >= 0.3 is 0 Å². The zero-order valence-corrected chi connectivity index (χ0v) is 13.7. The van der Waals surface area contributed by atoms with Crippen LogP contribution in [0.1, 0.15) is 38.7 Å². The molecule has 1 aromatic carbocycles. The Morgan fingerprint density at radius 1 is 1.05 bits per heavy atom. The molecule has 1 aliphatic rings. The third-order valence-corrected chi connectivity index (χ3v) is 4.49. The summed E-state index contributed by atoms with van der Waals surface area (Å²) in [5, 5.41) is 0. The Labute approximate surface area is 134 Å². The highest BCUT2D eigenvalue weighted by molar-refractivity contribution is 8.04. The highest BCUT2D eigenvalue weighted by atomic mass is 32.2. The summed E-state index contributed by atoms with van der Waals surface area (Å²) in [6.07, 6.45) is 2.83. The number of amides is 2. The van der Waals surface area contributed by atoms with Crippen molar-refractivity contribution in [3.63, 3.8) is 0 Å². The Morgan fingerprint density at radius 2 is 1.73 bits per heavy atom. The number of rotatable bonds is 7. The topological polar surface area (TPSA) is 37.4 Å². The number of carbonyl (C=O) groups excluding carboxylic acids is 2. The Balaban J connectivity index is 2.32. The van der Waals surface area contributed by atoms with Crippen LogP contribution in [0.2, 0.25) is 0 Å². The van der Waals surface area contributed by atoms with Crippen molar-refractivity contribution in [3.8, 4) is 0 Å². The second-order valence-electron chi connectivity index (χ2n) is 5.11. The zero-order valence-electron chi connectivity index (χ0n) is 12.9. The summed E-state index contributed by atoms with van der Waals surface area (Å²) in [6, 6.07) is 5.74. The third kappa shape index (κ3) is 3.40. The maximum atomic E-state index is 13.1. The predicted molar refractivity (Wildman–Crippen MR) is 87.7 cm³/mol. The largest absolute Gasteiger partial charge is 0.274 e. The number of hydrogen-bond acceptors (Lipinski definition) is 3. The Hall–Kier alpha value is -1.62. The summed E-state index contributed by atoms with van der Waals surface area (Å²) in [5.41, 5.74) is 1.02. The smallest absolute Gasteiger partial charge is 0.267 e. The lowest BCUT2D eigenvalue weighted by Gasteiger charge is -2.14. The minimum Gasteiger partial charge on any atom is -0.274 e. The average molecular weight is 321 g/mol. The van der Waals surface area contributed by atoms with E-state index in [0.29, 0.717) is 28.3 Å². The summed E-state index contributed by atoms with van der Waals surface area (Å²) in [4.78, 5) is 26.9. The van der Waals surface area contributed by atoms with Gasteiger partial charge in [0.2, 0.25) is 0 Å². The van der Waals surface area contributed by atoms with Crippen LogP contribution in [0.15, 0.2) is 29.2 Å². The first kappa shape index (κ1) is 16.7. The van der Waals surface area contributed by atoms with Gasteiger partial charge in [-0.1, -0.05) is 38.8 Å². The molecule has 3 nitrogen and oxygen atoms in total. The molecule has 118 valence electrons. The summed E-state index contributed by atoms with van der Waals surface area (Å²) < 4.78 is 13.1. The number of benzene rings is 1. The molecule has 1 heterocycles. The standard InChI is InChI=1S/C17H20FNO2S/c1-3-5-6-11-19-16(20)14(15(17(19)21)22-4-2)12-7-9-13(18)10-8-12/h7-10H,3-6,11H2,1-2H3. The number of hydrogen-bond donors (Lipinski definition) is 0.